The fraction of sp³-hybridized carbons (Fsp3) is 0.235. The molecule has 2 aromatic rings. The first-order chi connectivity index (χ1) is 10.0. The zero-order valence-electron chi connectivity index (χ0n) is 12.5. The van der Waals surface area contributed by atoms with E-state index < -0.39 is 5.97 Å². The van der Waals surface area contributed by atoms with Crippen LogP contribution in [0.1, 0.15) is 34.5 Å². The Morgan fingerprint density at radius 3 is 2.48 bits per heavy atom. The van der Waals surface area contributed by atoms with Crippen LogP contribution in [0.4, 0.5) is 11.4 Å². The lowest BCUT2D eigenvalue weighted by Crippen LogP contribution is -2.10. The van der Waals surface area contributed by atoms with E-state index in [2.05, 4.69) is 43.4 Å². The zero-order chi connectivity index (χ0) is 15.4. The molecule has 3 N–H and O–H groups in total. The highest BCUT2D eigenvalue weighted by molar-refractivity contribution is 5.96. The van der Waals surface area contributed by atoms with E-state index in [-0.39, 0.29) is 6.04 Å². The number of carbonyl (C=O) groups is 1. The van der Waals surface area contributed by atoms with E-state index in [0.717, 1.165) is 5.69 Å². The highest BCUT2D eigenvalue weighted by Gasteiger charge is 2.12. The van der Waals surface area contributed by atoms with Crippen molar-refractivity contribution in [3.63, 3.8) is 0 Å². The van der Waals surface area contributed by atoms with E-state index >= 15 is 0 Å². The van der Waals surface area contributed by atoms with Crippen LogP contribution in [0, 0.1) is 6.92 Å². The van der Waals surface area contributed by atoms with Gasteiger partial charge < -0.3 is 15.8 Å². The van der Waals surface area contributed by atoms with Gasteiger partial charge in [0.25, 0.3) is 0 Å². The molecule has 0 fully saturated rings. The van der Waals surface area contributed by atoms with Gasteiger partial charge in [-0.15, -0.1) is 0 Å². The van der Waals surface area contributed by atoms with Crippen LogP contribution in [0.15, 0.2) is 42.5 Å². The van der Waals surface area contributed by atoms with Gasteiger partial charge in [0.2, 0.25) is 0 Å². The first-order valence-electron chi connectivity index (χ1n) is 6.82. The quantitative estimate of drug-likeness (QED) is 0.666. The SMILES string of the molecule is COC(=O)c1cc(NC(C)c2ccc(C)cc2)ccc1N. The lowest BCUT2D eigenvalue weighted by atomic mass is 10.1. The molecule has 110 valence electrons. The summed E-state index contributed by atoms with van der Waals surface area (Å²) in [6.45, 7) is 4.13. The van der Waals surface area contributed by atoms with Crippen LogP contribution in [0.5, 0.6) is 0 Å². The van der Waals surface area contributed by atoms with Crippen molar-refractivity contribution in [2.24, 2.45) is 0 Å². The summed E-state index contributed by atoms with van der Waals surface area (Å²) in [6, 6.07) is 13.7. The Bertz CT molecular complexity index is 636. The summed E-state index contributed by atoms with van der Waals surface area (Å²) in [7, 11) is 1.34. The van der Waals surface area contributed by atoms with Crippen LogP contribution in [-0.2, 0) is 4.74 Å². The second kappa shape index (κ2) is 6.31. The Hall–Kier alpha value is -2.49. The molecule has 0 aliphatic rings. The Balaban J connectivity index is 2.19. The molecule has 2 rings (SSSR count). The molecule has 0 saturated heterocycles. The van der Waals surface area contributed by atoms with Gasteiger partial charge in [-0.25, -0.2) is 4.79 Å². The van der Waals surface area contributed by atoms with E-state index in [4.69, 9.17) is 10.5 Å². The second-order valence-electron chi connectivity index (χ2n) is 5.07. The highest BCUT2D eigenvalue weighted by Crippen LogP contribution is 2.23. The number of benzene rings is 2. The Morgan fingerprint density at radius 1 is 1.19 bits per heavy atom. The molecule has 21 heavy (non-hydrogen) atoms. The number of nitrogens with two attached hydrogens (primary N) is 1. The smallest absolute Gasteiger partial charge is 0.340 e. The Labute approximate surface area is 124 Å². The second-order valence-corrected chi connectivity index (χ2v) is 5.07. The van der Waals surface area contributed by atoms with E-state index in [1.54, 1.807) is 12.1 Å². The van der Waals surface area contributed by atoms with Gasteiger partial charge in [-0.2, -0.15) is 0 Å². The van der Waals surface area contributed by atoms with Crippen molar-refractivity contribution in [3.05, 3.63) is 59.2 Å². The molecule has 0 aromatic heterocycles. The van der Waals surface area contributed by atoms with Crippen LogP contribution in [-0.4, -0.2) is 13.1 Å². The Morgan fingerprint density at radius 2 is 1.86 bits per heavy atom. The summed E-state index contributed by atoms with van der Waals surface area (Å²) in [5.74, 6) is -0.431. The van der Waals surface area contributed by atoms with E-state index in [1.807, 2.05) is 6.07 Å². The van der Waals surface area contributed by atoms with Crippen molar-refractivity contribution in [3.8, 4) is 0 Å². The molecule has 0 heterocycles. The lowest BCUT2D eigenvalue weighted by molar-refractivity contribution is 0.0602. The molecule has 0 spiro atoms. The van der Waals surface area contributed by atoms with Crippen molar-refractivity contribution in [1.29, 1.82) is 0 Å². The minimum atomic E-state index is -0.431. The van der Waals surface area contributed by atoms with Crippen LogP contribution < -0.4 is 11.1 Å². The number of nitrogens with one attached hydrogen (secondary N) is 1. The summed E-state index contributed by atoms with van der Waals surface area (Å²) in [6.07, 6.45) is 0. The normalized spacial score (nSPS) is 11.8. The highest BCUT2D eigenvalue weighted by atomic mass is 16.5. The van der Waals surface area contributed by atoms with Gasteiger partial charge in [-0.1, -0.05) is 29.8 Å². The molecule has 0 amide bonds. The van der Waals surface area contributed by atoms with Crippen molar-refractivity contribution in [1.82, 2.24) is 0 Å². The molecule has 0 aliphatic heterocycles. The summed E-state index contributed by atoms with van der Waals surface area (Å²) in [5.41, 5.74) is 9.82. The molecule has 0 aliphatic carbocycles. The van der Waals surface area contributed by atoms with Crippen molar-refractivity contribution >= 4 is 17.3 Å². The lowest BCUT2D eigenvalue weighted by Gasteiger charge is -2.17. The zero-order valence-corrected chi connectivity index (χ0v) is 12.5. The number of rotatable bonds is 4. The average Bonchev–Trinajstić information content (AvgIpc) is 2.49. The molecule has 4 nitrogen and oxygen atoms in total. The third-order valence-electron chi connectivity index (χ3n) is 3.42. The van der Waals surface area contributed by atoms with Crippen LogP contribution in [0.3, 0.4) is 0 Å². The predicted molar refractivity (Wildman–Crippen MR) is 85.4 cm³/mol. The van der Waals surface area contributed by atoms with Gasteiger partial charge in [0, 0.05) is 17.4 Å². The average molecular weight is 284 g/mol. The number of ether oxygens (including phenoxy) is 1. The number of methoxy groups -OCH3 is 1. The van der Waals surface area contributed by atoms with Gasteiger partial charge in [-0.05, 0) is 37.6 Å². The molecular weight excluding hydrogens is 264 g/mol. The first-order valence-corrected chi connectivity index (χ1v) is 6.82. The van der Waals surface area contributed by atoms with Crippen molar-refractivity contribution < 1.29 is 9.53 Å². The molecule has 0 radical (unpaired) electrons. The number of esters is 1. The summed E-state index contributed by atoms with van der Waals surface area (Å²) >= 11 is 0. The fourth-order valence-electron chi connectivity index (χ4n) is 2.12. The monoisotopic (exact) mass is 284 g/mol. The molecule has 0 saturated carbocycles. The minimum Gasteiger partial charge on any atom is -0.465 e. The fourth-order valence-corrected chi connectivity index (χ4v) is 2.12. The first kappa shape index (κ1) is 14.9. The molecule has 4 heteroatoms. The van der Waals surface area contributed by atoms with Crippen LogP contribution in [0.2, 0.25) is 0 Å². The van der Waals surface area contributed by atoms with E-state index in [9.17, 15) is 4.79 Å². The third kappa shape index (κ3) is 3.54. The van der Waals surface area contributed by atoms with Gasteiger partial charge >= 0.3 is 5.97 Å². The maximum atomic E-state index is 11.6. The van der Waals surface area contributed by atoms with Crippen LogP contribution >= 0.6 is 0 Å². The Kier molecular flexibility index (Phi) is 4.48. The van der Waals surface area contributed by atoms with E-state index in [0.29, 0.717) is 11.3 Å². The van der Waals surface area contributed by atoms with Crippen molar-refractivity contribution in [2.75, 3.05) is 18.2 Å². The predicted octanol–water partition coefficient (Wildman–Crippen LogP) is 3.54. The third-order valence-corrected chi connectivity index (χ3v) is 3.42. The topological polar surface area (TPSA) is 64.3 Å². The number of aryl methyl sites for hydroxylation is 1. The van der Waals surface area contributed by atoms with Crippen molar-refractivity contribution in [2.45, 2.75) is 19.9 Å². The van der Waals surface area contributed by atoms with Crippen LogP contribution in [0.25, 0.3) is 0 Å². The summed E-state index contributed by atoms with van der Waals surface area (Å²) < 4.78 is 4.73. The standard InChI is InChI=1S/C17H20N2O2/c1-11-4-6-13(7-5-11)12(2)19-14-8-9-16(18)15(10-14)17(20)21-3/h4-10,12,19H,18H2,1-3H3. The number of hydrogen-bond acceptors (Lipinski definition) is 4. The van der Waals surface area contributed by atoms with Gasteiger partial charge in [0.1, 0.15) is 0 Å². The van der Waals surface area contributed by atoms with Gasteiger partial charge in [0.15, 0.2) is 0 Å². The summed E-state index contributed by atoms with van der Waals surface area (Å²) in [5, 5.41) is 3.36. The number of hydrogen-bond donors (Lipinski definition) is 2. The molecule has 1 unspecified atom stereocenters. The number of anilines is 2. The number of carbonyl (C=O) groups excluding carboxylic acids is 1. The molecule has 1 atom stereocenters. The minimum absolute atomic E-state index is 0.125. The molecular formula is C17H20N2O2. The van der Waals surface area contributed by atoms with Gasteiger partial charge in [-0.3, -0.25) is 0 Å². The van der Waals surface area contributed by atoms with Gasteiger partial charge in [0.05, 0.1) is 12.7 Å². The molecule has 2 aromatic carbocycles. The summed E-state index contributed by atoms with van der Waals surface area (Å²) in [4.78, 5) is 11.6. The van der Waals surface area contributed by atoms with E-state index in [1.165, 1.54) is 18.2 Å². The molecule has 0 bridgehead atoms. The maximum absolute atomic E-state index is 11.6. The largest absolute Gasteiger partial charge is 0.465 e. The maximum Gasteiger partial charge on any atom is 0.340 e. The number of nitrogen functional groups attached to an aromatic ring is 1.